The Kier molecular flexibility index (Phi) is 102. The van der Waals surface area contributed by atoms with Gasteiger partial charge in [-0.2, -0.15) is 0 Å². The fourth-order valence-electron chi connectivity index (χ4n) is 13.9. The number of hydrogen-bond acceptors (Lipinski definition) is 18. The van der Waals surface area contributed by atoms with Gasteiger partial charge in [0, 0.05) is 54.9 Å². The number of hydrogen-bond donors (Lipinski definition) is 12. The van der Waals surface area contributed by atoms with E-state index < -0.39 is 0 Å². The molecule has 0 heterocycles. The molecule has 0 amide bonds. The van der Waals surface area contributed by atoms with Crippen LogP contribution in [0.15, 0.2) is 0 Å². The van der Waals surface area contributed by atoms with Crippen molar-refractivity contribution < 1.29 is 48.8 Å². The monoisotopic (exact) mass is 2130 g/mol. The standard InChI is InChI=1S/2C11H24O.4C10H22O2.4C9H21N.4C8H19N/c1-8(2)12-10(4)9(3)11(5,6)7;1-7-8-12-10(3)9(2)11(4,5)6;4*1-8(10(3,4)5)9(2)12-7-6-11;4*1-7(8(2)10-6)9(3,4)5;4*1-6(7(2)9)8(3,4)5/h8-10H,1-7H3;9-10H,7-8H2,1-6H3;4*8-9,11H,6-7H2,1-5H3;4*7-8,10H,1-6H3;4*6-7H,9H2,1-5H3/t2*9-,10-;2*8-,9+;2*8-,9-;2*7-,8+;2*7-,8-;2*6-,7+;2*6-,7-/m01101010101010/s1. The van der Waals surface area contributed by atoms with Crippen LogP contribution in [0.25, 0.3) is 0 Å². The van der Waals surface area contributed by atoms with Gasteiger partial charge in [0.1, 0.15) is 0 Å². The van der Waals surface area contributed by atoms with Gasteiger partial charge < -0.3 is 93.0 Å². The van der Waals surface area contributed by atoms with Gasteiger partial charge in [0.25, 0.3) is 0 Å². The third-order valence-electron chi connectivity index (χ3n) is 34.3. The van der Waals surface area contributed by atoms with E-state index in [-0.39, 0.29) is 72.5 Å². The van der Waals surface area contributed by atoms with Crippen LogP contribution in [0, 0.1) is 159 Å². The number of nitrogens with two attached hydrogens (primary N) is 4. The van der Waals surface area contributed by atoms with Gasteiger partial charge in [-0.05, 0) is 304 Å². The zero-order valence-electron chi connectivity index (χ0n) is 116. The van der Waals surface area contributed by atoms with Gasteiger partial charge in [0.05, 0.1) is 95.6 Å². The van der Waals surface area contributed by atoms with E-state index in [1.807, 2.05) is 28.2 Å². The average Bonchev–Trinajstić information content (AvgIpc) is 0.923. The molecule has 0 spiro atoms. The van der Waals surface area contributed by atoms with E-state index in [2.05, 4.69) is 527 Å². The van der Waals surface area contributed by atoms with Crippen LogP contribution in [-0.2, 0) is 28.4 Å². The molecule has 0 radical (unpaired) electrons. The van der Waals surface area contributed by atoms with Crippen molar-refractivity contribution in [3.63, 3.8) is 0 Å². The molecule has 0 rings (SSSR count). The Balaban J connectivity index is -0.000000109. The van der Waals surface area contributed by atoms with E-state index in [1.54, 1.807) is 0 Å². The first kappa shape index (κ1) is 177. The first-order valence-electron chi connectivity index (χ1n) is 59.1. The quantitative estimate of drug-likeness (QED) is 0.0281. The maximum atomic E-state index is 8.57. The van der Waals surface area contributed by atoms with Crippen LogP contribution < -0.4 is 44.2 Å². The molecule has 0 saturated carbocycles. The number of ether oxygens (including phenoxy) is 6. The van der Waals surface area contributed by atoms with Gasteiger partial charge in [-0.3, -0.25) is 0 Å². The molecular weight excluding hydrogens is 1830 g/mol. The third kappa shape index (κ3) is 103. The van der Waals surface area contributed by atoms with Gasteiger partial charge in [-0.1, -0.05) is 395 Å². The van der Waals surface area contributed by atoms with Crippen LogP contribution in [-0.4, -0.2) is 199 Å². The molecule has 0 bridgehead atoms. The molecule has 0 aromatic carbocycles. The average molecular weight is 2130 g/mol. The molecule has 16 N–H and O–H groups in total. The van der Waals surface area contributed by atoms with Gasteiger partial charge in [0.15, 0.2) is 0 Å². The fourth-order valence-corrected chi connectivity index (χ4v) is 13.9. The minimum atomic E-state index is 0.112. The van der Waals surface area contributed by atoms with E-state index in [0.717, 1.165) is 36.7 Å². The Bertz CT molecular complexity index is 2470. The molecular formula is C130H296N8O10. The minimum absolute atomic E-state index is 0.112. The number of aliphatic hydroxyl groups excluding tert-OH is 4. The van der Waals surface area contributed by atoms with E-state index in [4.69, 9.17) is 71.8 Å². The summed E-state index contributed by atoms with van der Waals surface area (Å²) < 4.78 is 33.1. The lowest BCUT2D eigenvalue weighted by atomic mass is 9.78. The summed E-state index contributed by atoms with van der Waals surface area (Å²) in [6.45, 7) is 165. The van der Waals surface area contributed by atoms with Gasteiger partial charge in [0.2, 0.25) is 0 Å². The van der Waals surface area contributed by atoms with E-state index >= 15 is 0 Å². The largest absolute Gasteiger partial charge is 0.394 e. The number of aliphatic hydroxyl groups is 4. The summed E-state index contributed by atoms with van der Waals surface area (Å²) in [6.07, 6.45) is 3.06. The fraction of sp³-hybridized carbons (Fsp3) is 1.00. The molecule has 28 atom stereocenters. The predicted molar refractivity (Wildman–Crippen MR) is 671 cm³/mol. The van der Waals surface area contributed by atoms with E-state index in [0.29, 0.717) is 206 Å². The third-order valence-corrected chi connectivity index (χ3v) is 34.3. The maximum Gasteiger partial charge on any atom is 0.0701 e. The second kappa shape index (κ2) is 85.3. The van der Waals surface area contributed by atoms with E-state index in [9.17, 15) is 0 Å². The molecule has 0 aliphatic heterocycles. The van der Waals surface area contributed by atoms with Crippen molar-refractivity contribution in [3.8, 4) is 0 Å². The SMILES string of the molecule is CC(C)O[C@@H](C)[C@H](C)C(C)(C)C.CCCO[C@H](C)[C@@H](C)C(C)(C)C.CN[C@@H](C)[C@@H](C)C(C)(C)C.CN[C@@H](C)[C@H](C)C(C)(C)C.CN[C@H](C)[C@@H](C)C(C)(C)C.CN[C@H](C)[C@H](C)C(C)(C)C.C[C@@H](N)[C@H](C)C(C)(C)C.C[C@@H](OCCO)[C@H](C)C(C)(C)C.C[C@H](N)[C@@H](C)C(C)(C)C.C[C@H](N)[C@H](C)C(C)(C)C.C[C@H](OCCO)[C@@H](C)C(C)(C)C.C[C@H](OCCO)[C@H](C)C(C)(C)C.C[C@H]([C@@H](C)N)C(C)(C)C.C[C@H]([C@@H](C)OCCO)C(C)(C)C. The molecule has 0 aromatic heterocycles. The molecule has 18 heteroatoms. The molecule has 0 saturated heterocycles. The second-order valence-corrected chi connectivity index (χ2v) is 60.6. The molecule has 0 fully saturated rings. The van der Waals surface area contributed by atoms with Crippen LogP contribution in [0.4, 0.5) is 0 Å². The highest BCUT2D eigenvalue weighted by atomic mass is 16.5. The number of rotatable bonds is 35. The molecule has 18 nitrogen and oxygen atoms in total. The van der Waals surface area contributed by atoms with Crippen molar-refractivity contribution in [2.75, 3.05) is 87.7 Å². The number of nitrogens with one attached hydrogen (secondary N) is 4. The Morgan fingerprint density at radius 2 is 0.284 bits per heavy atom. The summed E-state index contributed by atoms with van der Waals surface area (Å²) >= 11 is 0. The molecule has 148 heavy (non-hydrogen) atoms. The maximum absolute atomic E-state index is 8.57. The van der Waals surface area contributed by atoms with E-state index in [1.165, 1.54) is 0 Å². The van der Waals surface area contributed by atoms with Crippen LogP contribution in [0.3, 0.4) is 0 Å². The Morgan fingerprint density at radius 3 is 0.351 bits per heavy atom. The lowest BCUT2D eigenvalue weighted by molar-refractivity contribution is -0.0383. The molecule has 0 aromatic rings. The van der Waals surface area contributed by atoms with Gasteiger partial charge >= 0.3 is 0 Å². The highest BCUT2D eigenvalue weighted by Gasteiger charge is 2.35. The smallest absolute Gasteiger partial charge is 0.0701 e. The lowest BCUT2D eigenvalue weighted by Gasteiger charge is -2.33. The van der Waals surface area contributed by atoms with Crippen LogP contribution in [0.1, 0.15) is 512 Å². The summed E-state index contributed by atoms with van der Waals surface area (Å²) in [5, 5.41) is 47.4. The normalized spacial score (nSPS) is 18.3. The highest BCUT2D eigenvalue weighted by molar-refractivity contribution is 4.86. The zero-order chi connectivity index (χ0) is 123. The van der Waals surface area contributed by atoms with Crippen LogP contribution >= 0.6 is 0 Å². The Labute approximate surface area is 936 Å². The molecule has 916 valence electrons. The summed E-state index contributed by atoms with van der Waals surface area (Å²) in [5.41, 5.74) is 27.8. The summed E-state index contributed by atoms with van der Waals surface area (Å²) in [6, 6.07) is 3.69. The van der Waals surface area contributed by atoms with Crippen LogP contribution in [0.2, 0.25) is 0 Å². The minimum Gasteiger partial charge on any atom is -0.394 e. The first-order chi connectivity index (χ1) is 65.2. The van der Waals surface area contributed by atoms with Crippen molar-refractivity contribution in [2.24, 2.45) is 182 Å². The zero-order valence-corrected chi connectivity index (χ0v) is 116. The molecule has 0 aliphatic rings. The summed E-state index contributed by atoms with van der Waals surface area (Å²) in [5.74, 6) is 8.49. The second-order valence-electron chi connectivity index (χ2n) is 60.6. The summed E-state index contributed by atoms with van der Waals surface area (Å²) in [7, 11) is 8.08. The molecule has 0 unspecified atom stereocenters. The Hall–Kier alpha value is -0.720. The van der Waals surface area contributed by atoms with Crippen molar-refractivity contribution >= 4 is 0 Å². The van der Waals surface area contributed by atoms with Crippen LogP contribution in [0.5, 0.6) is 0 Å². The van der Waals surface area contributed by atoms with Gasteiger partial charge in [-0.15, -0.1) is 0 Å². The van der Waals surface area contributed by atoms with Crippen molar-refractivity contribution in [1.29, 1.82) is 0 Å². The first-order valence-corrected chi connectivity index (χ1v) is 59.1. The van der Waals surface area contributed by atoms with Crippen molar-refractivity contribution in [3.05, 3.63) is 0 Å². The molecule has 0 aliphatic carbocycles. The van der Waals surface area contributed by atoms with Gasteiger partial charge in [-0.25, -0.2) is 0 Å². The van der Waals surface area contributed by atoms with Crippen molar-refractivity contribution in [2.45, 2.75) is 603 Å². The predicted octanol–water partition coefficient (Wildman–Crippen LogP) is 32.4. The van der Waals surface area contributed by atoms with Crippen molar-refractivity contribution in [1.82, 2.24) is 21.3 Å². The highest BCUT2D eigenvalue weighted by Crippen LogP contribution is 2.38. The lowest BCUT2D eigenvalue weighted by Crippen LogP contribution is -2.36. The topological polar surface area (TPSA) is 288 Å². The Morgan fingerprint density at radius 1 is 0.176 bits per heavy atom. The summed E-state index contributed by atoms with van der Waals surface area (Å²) in [4.78, 5) is 0.